The molecule has 0 spiro atoms. The minimum atomic E-state index is -0.573. The number of carbonyl (C=O) groups is 2. The van der Waals surface area contributed by atoms with Crippen LogP contribution in [0, 0.1) is 0 Å². The Morgan fingerprint density at radius 1 is 1.00 bits per heavy atom. The van der Waals surface area contributed by atoms with E-state index in [0.29, 0.717) is 27.8 Å². The summed E-state index contributed by atoms with van der Waals surface area (Å²) < 4.78 is 16.0. The number of methoxy groups -OCH3 is 2. The molecule has 0 aliphatic rings. The number of nitrogens with one attached hydrogen (secondary N) is 2. The van der Waals surface area contributed by atoms with E-state index in [1.807, 2.05) is 24.3 Å². The van der Waals surface area contributed by atoms with Crippen molar-refractivity contribution in [3.63, 3.8) is 0 Å². The van der Waals surface area contributed by atoms with Crippen LogP contribution in [0.2, 0.25) is 0 Å². The highest BCUT2D eigenvalue weighted by atomic mass is 32.2. The molecule has 0 bridgehead atoms. The lowest BCUT2D eigenvalue weighted by atomic mass is 10.2. The summed E-state index contributed by atoms with van der Waals surface area (Å²) in [6, 6.07) is 19.4. The summed E-state index contributed by atoms with van der Waals surface area (Å²) in [6.45, 7) is 0. The first-order valence-electron chi connectivity index (χ1n) is 10.5. The van der Waals surface area contributed by atoms with E-state index in [1.165, 1.54) is 32.2 Å². The predicted molar refractivity (Wildman–Crippen MR) is 134 cm³/mol. The van der Waals surface area contributed by atoms with Gasteiger partial charge in [-0.25, -0.2) is 15.2 Å². The number of H-pyrrole nitrogens is 1. The first-order valence-corrected chi connectivity index (χ1v) is 11.5. The quantitative estimate of drug-likeness (QED) is 0.120. The van der Waals surface area contributed by atoms with Crippen molar-refractivity contribution in [3.05, 3.63) is 77.9 Å². The van der Waals surface area contributed by atoms with Crippen molar-refractivity contribution in [1.29, 1.82) is 0 Å². The van der Waals surface area contributed by atoms with Crippen LogP contribution in [-0.2, 0) is 4.79 Å². The van der Waals surface area contributed by atoms with Crippen molar-refractivity contribution in [2.24, 2.45) is 5.10 Å². The minimum Gasteiger partial charge on any atom is -0.496 e. The van der Waals surface area contributed by atoms with E-state index < -0.39 is 5.97 Å². The normalized spacial score (nSPS) is 10.9. The summed E-state index contributed by atoms with van der Waals surface area (Å²) in [6.07, 6.45) is 1.47. The van der Waals surface area contributed by atoms with Gasteiger partial charge in [0.1, 0.15) is 11.3 Å². The number of hydrogen-bond donors (Lipinski definition) is 2. The third-order valence-corrected chi connectivity index (χ3v) is 5.70. The molecule has 4 rings (SSSR count). The number of hydrazone groups is 1. The number of rotatable bonds is 9. The van der Waals surface area contributed by atoms with Crippen LogP contribution < -0.4 is 19.6 Å². The van der Waals surface area contributed by atoms with Gasteiger partial charge in [-0.05, 0) is 48.0 Å². The summed E-state index contributed by atoms with van der Waals surface area (Å²) in [5.41, 5.74) is 5.18. The molecule has 0 aliphatic heterocycles. The molecule has 0 unspecified atom stereocenters. The highest BCUT2D eigenvalue weighted by molar-refractivity contribution is 7.99. The SMILES string of the molecule is COc1cc(/C=N\NC(=O)CSc2nc3ccccc3[nH]2)ccc1OC(=O)c1ccccc1OC. The van der Waals surface area contributed by atoms with Gasteiger partial charge >= 0.3 is 5.97 Å². The average molecular weight is 491 g/mol. The van der Waals surface area contributed by atoms with Crippen molar-refractivity contribution >= 4 is 40.9 Å². The van der Waals surface area contributed by atoms with E-state index in [2.05, 4.69) is 20.5 Å². The van der Waals surface area contributed by atoms with Crippen molar-refractivity contribution in [2.75, 3.05) is 20.0 Å². The van der Waals surface area contributed by atoms with Gasteiger partial charge in [0.05, 0.1) is 37.2 Å². The van der Waals surface area contributed by atoms with E-state index in [0.717, 1.165) is 11.0 Å². The van der Waals surface area contributed by atoms with Gasteiger partial charge in [-0.3, -0.25) is 4.79 Å². The molecule has 1 amide bonds. The van der Waals surface area contributed by atoms with Crippen molar-refractivity contribution in [1.82, 2.24) is 15.4 Å². The first-order chi connectivity index (χ1) is 17.1. The number of aromatic amines is 1. The maximum absolute atomic E-state index is 12.6. The van der Waals surface area contributed by atoms with Crippen molar-refractivity contribution in [2.45, 2.75) is 5.16 Å². The maximum Gasteiger partial charge on any atom is 0.347 e. The zero-order chi connectivity index (χ0) is 24.6. The van der Waals surface area contributed by atoms with Crippen LogP contribution in [0.1, 0.15) is 15.9 Å². The molecule has 4 aromatic rings. The monoisotopic (exact) mass is 490 g/mol. The Kier molecular flexibility index (Phi) is 7.63. The number of amides is 1. The standard InChI is InChI=1S/C25H22N4O5S/c1-32-20-10-6-3-7-17(20)24(31)34-21-12-11-16(13-22(21)33-2)14-26-29-23(30)15-35-25-27-18-8-4-5-9-19(18)28-25/h3-14H,15H2,1-2H3,(H,27,28)(H,29,30)/b26-14-. The number of hydrogen-bond acceptors (Lipinski definition) is 8. The van der Waals surface area contributed by atoms with E-state index in [4.69, 9.17) is 14.2 Å². The number of ether oxygens (including phenoxy) is 3. The molecule has 35 heavy (non-hydrogen) atoms. The van der Waals surface area contributed by atoms with Gasteiger partial charge in [-0.1, -0.05) is 36.0 Å². The highest BCUT2D eigenvalue weighted by Gasteiger charge is 2.16. The molecule has 2 N–H and O–H groups in total. The summed E-state index contributed by atoms with van der Waals surface area (Å²) in [5, 5.41) is 4.65. The molecule has 0 aliphatic carbocycles. The number of para-hydroxylation sites is 3. The van der Waals surface area contributed by atoms with E-state index in [-0.39, 0.29) is 17.4 Å². The van der Waals surface area contributed by atoms with Crippen LogP contribution in [0.3, 0.4) is 0 Å². The lowest BCUT2D eigenvalue weighted by Crippen LogP contribution is -2.19. The number of nitrogens with zero attached hydrogens (tertiary/aromatic N) is 2. The van der Waals surface area contributed by atoms with Crippen LogP contribution in [0.15, 0.2) is 77.0 Å². The molecule has 0 radical (unpaired) electrons. The van der Waals surface area contributed by atoms with Crippen LogP contribution in [0.5, 0.6) is 17.2 Å². The molecule has 1 heterocycles. The molecule has 0 atom stereocenters. The average Bonchev–Trinajstić information content (AvgIpc) is 3.31. The van der Waals surface area contributed by atoms with E-state index in [1.54, 1.807) is 42.5 Å². The Hall–Kier alpha value is -4.31. The molecular formula is C25H22N4O5S. The molecule has 0 saturated heterocycles. The summed E-state index contributed by atoms with van der Waals surface area (Å²) in [7, 11) is 2.95. The fraction of sp³-hybridized carbons (Fsp3) is 0.120. The molecule has 10 heteroatoms. The fourth-order valence-electron chi connectivity index (χ4n) is 3.16. The van der Waals surface area contributed by atoms with Crippen LogP contribution >= 0.6 is 11.8 Å². The predicted octanol–water partition coefficient (Wildman–Crippen LogP) is 4.04. The zero-order valence-electron chi connectivity index (χ0n) is 19.0. The number of thioether (sulfide) groups is 1. The molecular weight excluding hydrogens is 468 g/mol. The minimum absolute atomic E-state index is 0.151. The van der Waals surface area contributed by atoms with E-state index >= 15 is 0 Å². The Labute approximate surface area is 205 Å². The second-order valence-corrected chi connectivity index (χ2v) is 8.11. The second-order valence-electron chi connectivity index (χ2n) is 7.14. The van der Waals surface area contributed by atoms with Crippen LogP contribution in [-0.4, -0.2) is 48.0 Å². The Morgan fingerprint density at radius 3 is 2.57 bits per heavy atom. The Balaban J connectivity index is 1.33. The number of carbonyl (C=O) groups excluding carboxylic acids is 2. The smallest absolute Gasteiger partial charge is 0.347 e. The van der Waals surface area contributed by atoms with Gasteiger partial charge in [0, 0.05) is 0 Å². The molecule has 9 nitrogen and oxygen atoms in total. The van der Waals surface area contributed by atoms with Crippen molar-refractivity contribution < 1.29 is 23.8 Å². The fourth-order valence-corrected chi connectivity index (χ4v) is 3.84. The molecule has 178 valence electrons. The van der Waals surface area contributed by atoms with Gasteiger partial charge in [-0.2, -0.15) is 5.10 Å². The lowest BCUT2D eigenvalue weighted by Gasteiger charge is -2.11. The van der Waals surface area contributed by atoms with Crippen LogP contribution in [0.4, 0.5) is 0 Å². The third-order valence-electron chi connectivity index (χ3n) is 4.83. The topological polar surface area (TPSA) is 115 Å². The number of esters is 1. The third kappa shape index (κ3) is 5.98. The van der Waals surface area contributed by atoms with Crippen molar-refractivity contribution in [3.8, 4) is 17.2 Å². The number of aromatic nitrogens is 2. The molecule has 3 aromatic carbocycles. The molecule has 0 saturated carbocycles. The van der Waals surface area contributed by atoms with Gasteiger partial charge in [0.25, 0.3) is 5.91 Å². The first kappa shape index (κ1) is 23.8. The van der Waals surface area contributed by atoms with Gasteiger partial charge in [0.2, 0.25) is 0 Å². The molecule has 1 aromatic heterocycles. The lowest BCUT2D eigenvalue weighted by molar-refractivity contribution is -0.118. The number of fused-ring (bicyclic) bond motifs is 1. The van der Waals surface area contributed by atoms with Gasteiger partial charge < -0.3 is 19.2 Å². The molecule has 0 fully saturated rings. The maximum atomic E-state index is 12.6. The Morgan fingerprint density at radius 2 is 1.77 bits per heavy atom. The van der Waals surface area contributed by atoms with Gasteiger partial charge in [-0.15, -0.1) is 0 Å². The summed E-state index contributed by atoms with van der Waals surface area (Å²) in [5.74, 6) is 0.292. The number of benzene rings is 3. The Bertz CT molecular complexity index is 1350. The second kappa shape index (κ2) is 11.2. The summed E-state index contributed by atoms with van der Waals surface area (Å²) >= 11 is 1.28. The van der Waals surface area contributed by atoms with E-state index in [9.17, 15) is 9.59 Å². The van der Waals surface area contributed by atoms with Gasteiger partial charge in [0.15, 0.2) is 16.7 Å². The zero-order valence-corrected chi connectivity index (χ0v) is 19.8. The summed E-state index contributed by atoms with van der Waals surface area (Å²) in [4.78, 5) is 32.3. The van der Waals surface area contributed by atoms with Crippen LogP contribution in [0.25, 0.3) is 11.0 Å². The highest BCUT2D eigenvalue weighted by Crippen LogP contribution is 2.29. The largest absolute Gasteiger partial charge is 0.496 e. The number of imidazole rings is 1.